The number of nitrogens with zero attached hydrogens (tertiary/aromatic N) is 2. The number of hydrogen-bond donors (Lipinski definition) is 4. The summed E-state index contributed by atoms with van der Waals surface area (Å²) in [6.45, 7) is 0.643. The molecule has 1 atom stereocenters. The molecule has 4 rings (SSSR count). The number of anilines is 3. The van der Waals surface area contributed by atoms with Crippen LogP contribution in [0.1, 0.15) is 35.5 Å². The summed E-state index contributed by atoms with van der Waals surface area (Å²) >= 11 is 0. The highest BCUT2D eigenvalue weighted by Crippen LogP contribution is 2.36. The number of halogens is 5. The molecular formula is C25H27F5N6O3. The number of aromatic nitrogens is 2. The lowest BCUT2D eigenvalue weighted by atomic mass is 10.1. The first-order valence-corrected chi connectivity index (χ1v) is 11.1. The van der Waals surface area contributed by atoms with Crippen LogP contribution >= 0.6 is 0 Å². The SMILES string of the molecule is C.NC(=O)c1ccc(N)nc1.O=C(NCc1ncc(Nc2ccc(F)cc2C(F)(F)F)cc1F)C1CCOC1. The molecule has 0 spiro atoms. The second-order valence-electron chi connectivity index (χ2n) is 8.08. The standard InChI is InChI=1S/C18H16F5N3O2.C6H7N3O.CH4/c19-11-1-2-15(13(5-11)18(21,22)23)26-12-6-14(20)16(24-7-12)8-25-17(27)10-3-4-28-9-10;7-5-2-1-4(3-9-5)6(8)10;/h1-2,5-7,10,26H,3-4,8-9H2,(H,25,27);1-3H,(H2,7,9)(H2,8,10);1H4. The van der Waals surface area contributed by atoms with E-state index < -0.39 is 35.0 Å². The normalized spacial score (nSPS) is 14.4. The lowest BCUT2D eigenvalue weighted by Crippen LogP contribution is -2.31. The Balaban J connectivity index is 0.000000410. The maximum Gasteiger partial charge on any atom is 0.418 e. The van der Waals surface area contributed by atoms with Crippen LogP contribution in [0.15, 0.2) is 48.8 Å². The van der Waals surface area contributed by atoms with E-state index in [0.717, 1.165) is 24.4 Å². The van der Waals surface area contributed by atoms with Crippen molar-refractivity contribution < 1.29 is 36.3 Å². The van der Waals surface area contributed by atoms with Crippen LogP contribution in [0.25, 0.3) is 0 Å². The van der Waals surface area contributed by atoms with Gasteiger partial charge in [-0.15, -0.1) is 0 Å². The highest BCUT2D eigenvalue weighted by atomic mass is 19.4. The van der Waals surface area contributed by atoms with E-state index in [4.69, 9.17) is 16.2 Å². The van der Waals surface area contributed by atoms with Gasteiger partial charge < -0.3 is 26.8 Å². The molecule has 39 heavy (non-hydrogen) atoms. The van der Waals surface area contributed by atoms with Gasteiger partial charge in [0.1, 0.15) is 17.5 Å². The zero-order chi connectivity index (χ0) is 27.9. The molecule has 2 aromatic heterocycles. The summed E-state index contributed by atoms with van der Waals surface area (Å²) in [5.74, 6) is -2.52. The minimum atomic E-state index is -4.79. The van der Waals surface area contributed by atoms with Gasteiger partial charge in [-0.2, -0.15) is 13.2 Å². The van der Waals surface area contributed by atoms with Crippen LogP contribution in [0, 0.1) is 17.6 Å². The fourth-order valence-electron chi connectivity index (χ4n) is 3.29. The van der Waals surface area contributed by atoms with Gasteiger partial charge in [-0.05, 0) is 36.8 Å². The van der Waals surface area contributed by atoms with Crippen molar-refractivity contribution >= 4 is 29.0 Å². The quantitative estimate of drug-likeness (QED) is 0.335. The van der Waals surface area contributed by atoms with Crippen molar-refractivity contribution in [1.29, 1.82) is 0 Å². The van der Waals surface area contributed by atoms with Crippen molar-refractivity contribution in [3.63, 3.8) is 0 Å². The summed E-state index contributed by atoms with van der Waals surface area (Å²) < 4.78 is 71.6. The van der Waals surface area contributed by atoms with Crippen LogP contribution in [0.4, 0.5) is 39.1 Å². The summed E-state index contributed by atoms with van der Waals surface area (Å²) in [7, 11) is 0. The van der Waals surface area contributed by atoms with Gasteiger partial charge in [-0.25, -0.2) is 13.8 Å². The minimum Gasteiger partial charge on any atom is -0.384 e. The predicted octanol–water partition coefficient (Wildman–Crippen LogP) is 4.17. The van der Waals surface area contributed by atoms with E-state index >= 15 is 0 Å². The number of benzene rings is 1. The molecule has 0 aliphatic carbocycles. The largest absolute Gasteiger partial charge is 0.418 e. The van der Waals surface area contributed by atoms with E-state index in [2.05, 4.69) is 20.6 Å². The Hall–Kier alpha value is -4.33. The average molecular weight is 555 g/mol. The summed E-state index contributed by atoms with van der Waals surface area (Å²) in [4.78, 5) is 29.9. The predicted molar refractivity (Wildman–Crippen MR) is 134 cm³/mol. The monoisotopic (exact) mass is 554 g/mol. The van der Waals surface area contributed by atoms with E-state index in [1.807, 2.05) is 0 Å². The molecule has 3 aromatic rings. The zero-order valence-corrected chi connectivity index (χ0v) is 19.7. The average Bonchev–Trinajstić information content (AvgIpc) is 3.40. The smallest absolute Gasteiger partial charge is 0.384 e. The third-order valence-electron chi connectivity index (χ3n) is 5.28. The van der Waals surface area contributed by atoms with Gasteiger partial charge in [0, 0.05) is 18.9 Å². The van der Waals surface area contributed by atoms with Crippen LogP contribution in [0.3, 0.4) is 0 Å². The molecule has 1 saturated heterocycles. The highest BCUT2D eigenvalue weighted by Gasteiger charge is 2.34. The van der Waals surface area contributed by atoms with Gasteiger partial charge in [0.05, 0.1) is 53.5 Å². The van der Waals surface area contributed by atoms with Gasteiger partial charge in [0.25, 0.3) is 0 Å². The number of amides is 2. The zero-order valence-electron chi connectivity index (χ0n) is 19.7. The first-order valence-electron chi connectivity index (χ1n) is 11.1. The van der Waals surface area contributed by atoms with Crippen LogP contribution < -0.4 is 22.1 Å². The molecule has 6 N–H and O–H groups in total. The Kier molecular flexibility index (Phi) is 10.7. The molecule has 1 aromatic carbocycles. The summed E-state index contributed by atoms with van der Waals surface area (Å²) in [6, 6.07) is 6.13. The number of ether oxygens (including phenoxy) is 1. The van der Waals surface area contributed by atoms with Crippen molar-refractivity contribution in [2.75, 3.05) is 24.3 Å². The summed E-state index contributed by atoms with van der Waals surface area (Å²) in [5, 5.41) is 4.94. The molecule has 0 saturated carbocycles. The molecular weight excluding hydrogens is 527 g/mol. The molecule has 1 fully saturated rings. The molecule has 1 unspecified atom stereocenters. The number of alkyl halides is 3. The fraction of sp³-hybridized carbons (Fsp3) is 0.280. The fourth-order valence-corrected chi connectivity index (χ4v) is 3.29. The number of nitrogen functional groups attached to an aromatic ring is 1. The van der Waals surface area contributed by atoms with Crippen LogP contribution in [-0.2, 0) is 22.3 Å². The first kappa shape index (κ1) is 30.9. The summed E-state index contributed by atoms with van der Waals surface area (Å²) in [6.07, 6.45) is -1.72. The third-order valence-corrected chi connectivity index (χ3v) is 5.28. The van der Waals surface area contributed by atoms with E-state index in [9.17, 15) is 31.5 Å². The minimum absolute atomic E-state index is 0. The van der Waals surface area contributed by atoms with Gasteiger partial charge in [0.2, 0.25) is 11.8 Å². The molecule has 3 heterocycles. The molecule has 14 heteroatoms. The molecule has 1 aliphatic rings. The van der Waals surface area contributed by atoms with Crippen LogP contribution in [-0.4, -0.2) is 35.0 Å². The van der Waals surface area contributed by atoms with Gasteiger partial charge in [-0.1, -0.05) is 7.43 Å². The van der Waals surface area contributed by atoms with Crippen molar-refractivity contribution in [2.24, 2.45) is 11.7 Å². The number of primary amides is 1. The second kappa shape index (κ2) is 13.5. The van der Waals surface area contributed by atoms with E-state index in [1.165, 1.54) is 18.3 Å². The van der Waals surface area contributed by atoms with E-state index in [-0.39, 0.29) is 37.2 Å². The number of hydrogen-bond acceptors (Lipinski definition) is 7. The number of carbonyl (C=O) groups excluding carboxylic acids is 2. The lowest BCUT2D eigenvalue weighted by Gasteiger charge is -2.15. The van der Waals surface area contributed by atoms with Crippen molar-refractivity contribution in [1.82, 2.24) is 15.3 Å². The number of nitrogens with two attached hydrogens (primary N) is 2. The Morgan fingerprint density at radius 2 is 1.82 bits per heavy atom. The number of nitrogens with one attached hydrogen (secondary N) is 2. The second-order valence-corrected chi connectivity index (χ2v) is 8.08. The van der Waals surface area contributed by atoms with Crippen LogP contribution in [0.5, 0.6) is 0 Å². The Morgan fingerprint density at radius 1 is 1.08 bits per heavy atom. The van der Waals surface area contributed by atoms with E-state index in [0.29, 0.717) is 37.1 Å². The van der Waals surface area contributed by atoms with Gasteiger partial charge in [0.15, 0.2) is 0 Å². The molecule has 2 amide bonds. The maximum atomic E-state index is 14.2. The molecule has 9 nitrogen and oxygen atoms in total. The number of rotatable bonds is 6. The van der Waals surface area contributed by atoms with Crippen molar-refractivity contribution in [2.45, 2.75) is 26.6 Å². The van der Waals surface area contributed by atoms with Gasteiger partial charge in [-0.3, -0.25) is 14.6 Å². The van der Waals surface area contributed by atoms with Crippen molar-refractivity contribution in [3.05, 3.63) is 77.2 Å². The lowest BCUT2D eigenvalue weighted by molar-refractivity contribution is -0.137. The van der Waals surface area contributed by atoms with Crippen LogP contribution in [0.2, 0.25) is 0 Å². The Morgan fingerprint density at radius 3 is 2.38 bits per heavy atom. The Labute approximate surface area is 220 Å². The summed E-state index contributed by atoms with van der Waals surface area (Å²) in [5.41, 5.74) is 8.82. The molecule has 0 radical (unpaired) electrons. The highest BCUT2D eigenvalue weighted by molar-refractivity contribution is 5.92. The van der Waals surface area contributed by atoms with E-state index in [1.54, 1.807) is 0 Å². The Bertz CT molecular complexity index is 1280. The first-order chi connectivity index (χ1) is 17.9. The topological polar surface area (TPSA) is 145 Å². The maximum absolute atomic E-state index is 14.2. The van der Waals surface area contributed by atoms with Gasteiger partial charge >= 0.3 is 6.18 Å². The molecule has 210 valence electrons. The van der Waals surface area contributed by atoms with Crippen molar-refractivity contribution in [3.8, 4) is 0 Å². The number of pyridine rings is 2. The number of carbonyl (C=O) groups is 2. The third kappa shape index (κ3) is 8.88. The molecule has 1 aliphatic heterocycles. The molecule has 0 bridgehead atoms.